The van der Waals surface area contributed by atoms with Gasteiger partial charge in [-0.15, -0.1) is 0 Å². The van der Waals surface area contributed by atoms with E-state index in [1.54, 1.807) is 12.2 Å². The zero-order valence-corrected chi connectivity index (χ0v) is 28.7. The molecule has 0 aromatic rings. The van der Waals surface area contributed by atoms with E-state index in [1.165, 1.54) is 50.7 Å². The smallest absolute Gasteiger partial charge is 0.331 e. The molecule has 0 aliphatic carbocycles. The molecule has 0 saturated carbocycles. The van der Waals surface area contributed by atoms with E-state index in [1.807, 2.05) is 54.4 Å². The second-order valence-electron chi connectivity index (χ2n) is 13.1. The average Bonchev–Trinajstić information content (AvgIpc) is 2.85. The molecule has 0 amide bonds. The summed E-state index contributed by atoms with van der Waals surface area (Å²) in [5.41, 5.74) is 0. The van der Waals surface area contributed by atoms with Gasteiger partial charge in [0.2, 0.25) is 0 Å². The van der Waals surface area contributed by atoms with Gasteiger partial charge in [0.1, 0.15) is 13.1 Å². The van der Waals surface area contributed by atoms with Crippen molar-refractivity contribution in [3.05, 3.63) is 36.5 Å². The second kappa shape index (κ2) is 25.4. The third-order valence-electron chi connectivity index (χ3n) is 6.04. The number of carbonyl (C=O) groups is 4. The van der Waals surface area contributed by atoms with Crippen LogP contribution in [-0.2, 0) is 28.7 Å². The highest BCUT2D eigenvalue weighted by Gasteiger charge is 2.22. The first kappa shape index (κ1) is 43.1. The number of quaternary nitrogens is 2. The Morgan fingerprint density at radius 1 is 0.591 bits per heavy atom. The number of hydrogen-bond acceptors (Lipinski definition) is 8. The summed E-state index contributed by atoms with van der Waals surface area (Å²) in [7, 11) is 11.5. The molecule has 10 heteroatoms. The number of allylic oxidation sites excluding steroid dienone is 4. The minimum atomic E-state index is -1.22. The predicted molar refractivity (Wildman–Crippen MR) is 170 cm³/mol. The summed E-state index contributed by atoms with van der Waals surface area (Å²) in [5, 5.41) is 21.5. The minimum absolute atomic E-state index is 0.272. The van der Waals surface area contributed by atoms with Crippen LogP contribution in [0.4, 0.5) is 0 Å². The highest BCUT2D eigenvalue weighted by atomic mass is 16.5. The molecule has 0 rings (SSSR count). The van der Waals surface area contributed by atoms with E-state index >= 15 is 0 Å². The SMILES string of the molecule is CCCCCC=CC=CC(=O)OC(CC(=O)[O-])C[N+](C)(C)C.CCCCCCCC=CC(=O)OC(CC(=O)[O-])C[N+](C)(C)C. The Hall–Kier alpha value is -2.98. The standard InChI is InChI=1S/C17H31NO4.C17H29NO4/c2*1-5-6-7-8-9-10-11-12-17(21)22-15(13-16(19)20)14-18(2,3)4/h11-12,15H,5-10,13-14H2,1-4H3;9-12,15H,5-8,13-14H2,1-4H3. The molecule has 254 valence electrons. The maximum absolute atomic E-state index is 11.7. The zero-order valence-electron chi connectivity index (χ0n) is 28.7. The summed E-state index contributed by atoms with van der Waals surface area (Å²) in [6.45, 7) is 5.18. The van der Waals surface area contributed by atoms with Crippen molar-refractivity contribution in [2.75, 3.05) is 55.4 Å². The normalized spacial score (nSPS) is 13.5. The Bertz CT molecular complexity index is 898. The van der Waals surface area contributed by atoms with Crippen LogP contribution >= 0.6 is 0 Å². The van der Waals surface area contributed by atoms with Crippen molar-refractivity contribution in [2.24, 2.45) is 0 Å². The molecule has 2 atom stereocenters. The van der Waals surface area contributed by atoms with Crippen LogP contribution in [0.1, 0.15) is 90.9 Å². The molecule has 0 fully saturated rings. The van der Waals surface area contributed by atoms with Crippen LogP contribution in [0.25, 0.3) is 0 Å². The molecule has 10 nitrogen and oxygen atoms in total. The summed E-state index contributed by atoms with van der Waals surface area (Å²) >= 11 is 0. The van der Waals surface area contributed by atoms with Crippen LogP contribution in [0.2, 0.25) is 0 Å². The van der Waals surface area contributed by atoms with Crippen LogP contribution in [0.3, 0.4) is 0 Å². The monoisotopic (exact) mass is 624 g/mol. The van der Waals surface area contributed by atoms with Gasteiger partial charge in [-0.25, -0.2) is 9.59 Å². The van der Waals surface area contributed by atoms with Gasteiger partial charge in [-0.2, -0.15) is 0 Å². The number of carbonyl (C=O) groups excluding carboxylic acids is 4. The first-order chi connectivity index (χ1) is 20.5. The molecule has 0 bridgehead atoms. The van der Waals surface area contributed by atoms with E-state index < -0.39 is 36.1 Å². The Labute approximate surface area is 266 Å². The molecule has 0 heterocycles. The lowest BCUT2D eigenvalue weighted by atomic mass is 10.1. The Kier molecular flexibility index (Phi) is 24.9. The van der Waals surface area contributed by atoms with Gasteiger partial charge in [0.05, 0.1) is 42.3 Å². The van der Waals surface area contributed by atoms with E-state index in [4.69, 9.17) is 9.47 Å². The van der Waals surface area contributed by atoms with E-state index in [9.17, 15) is 29.4 Å². The zero-order chi connectivity index (χ0) is 34.0. The third kappa shape index (κ3) is 33.5. The summed E-state index contributed by atoms with van der Waals surface area (Å²) in [6.07, 6.45) is 19.3. The molecular weight excluding hydrogens is 564 g/mol. The number of rotatable bonds is 23. The van der Waals surface area contributed by atoms with E-state index in [2.05, 4.69) is 13.8 Å². The maximum atomic E-state index is 11.7. The Morgan fingerprint density at radius 2 is 1.00 bits per heavy atom. The third-order valence-corrected chi connectivity index (χ3v) is 6.04. The van der Waals surface area contributed by atoms with Crippen LogP contribution in [-0.4, -0.2) is 100 Å². The second-order valence-corrected chi connectivity index (χ2v) is 13.1. The number of likely N-dealkylation sites (N-methyl/N-ethyl adjacent to an activating group) is 2. The summed E-state index contributed by atoms with van der Waals surface area (Å²) in [4.78, 5) is 44.9. The number of hydrogen-bond donors (Lipinski definition) is 0. The lowest BCUT2D eigenvalue weighted by Gasteiger charge is -2.29. The van der Waals surface area contributed by atoms with Crippen LogP contribution < -0.4 is 10.2 Å². The van der Waals surface area contributed by atoms with E-state index in [0.717, 1.165) is 25.7 Å². The van der Waals surface area contributed by atoms with E-state index in [0.29, 0.717) is 22.1 Å². The Balaban J connectivity index is 0. The summed E-state index contributed by atoms with van der Waals surface area (Å²) in [5.74, 6) is -3.43. The van der Waals surface area contributed by atoms with Gasteiger partial charge in [0, 0.05) is 36.9 Å². The van der Waals surface area contributed by atoms with Gasteiger partial charge < -0.3 is 38.2 Å². The lowest BCUT2D eigenvalue weighted by Crippen LogP contribution is -2.45. The number of unbranched alkanes of at least 4 members (excludes halogenated alkanes) is 8. The average molecular weight is 625 g/mol. The molecule has 0 aliphatic heterocycles. The van der Waals surface area contributed by atoms with Crippen molar-refractivity contribution >= 4 is 23.9 Å². The van der Waals surface area contributed by atoms with Gasteiger partial charge >= 0.3 is 11.9 Å². The highest BCUT2D eigenvalue weighted by molar-refractivity contribution is 5.83. The topological polar surface area (TPSA) is 133 Å². The number of nitrogens with zero attached hydrogens (tertiary/aromatic N) is 2. The largest absolute Gasteiger partial charge is 0.550 e. The van der Waals surface area contributed by atoms with Crippen molar-refractivity contribution in [3.63, 3.8) is 0 Å². The molecule has 0 aromatic carbocycles. The lowest BCUT2D eigenvalue weighted by molar-refractivity contribution is -0.873. The fourth-order valence-electron chi connectivity index (χ4n) is 4.15. The molecule has 0 N–H and O–H groups in total. The number of ether oxygens (including phenoxy) is 2. The number of carboxylic acid groups (broad SMARTS) is 2. The summed E-state index contributed by atoms with van der Waals surface area (Å²) < 4.78 is 11.4. The molecule has 44 heavy (non-hydrogen) atoms. The van der Waals surface area contributed by atoms with Crippen LogP contribution in [0, 0.1) is 0 Å². The first-order valence-corrected chi connectivity index (χ1v) is 15.9. The van der Waals surface area contributed by atoms with Gasteiger partial charge in [-0.3, -0.25) is 0 Å². The van der Waals surface area contributed by atoms with Crippen molar-refractivity contribution in [3.8, 4) is 0 Å². The number of carboxylic acids is 2. The molecule has 0 radical (unpaired) electrons. The number of esters is 2. The van der Waals surface area contributed by atoms with E-state index in [-0.39, 0.29) is 12.8 Å². The van der Waals surface area contributed by atoms with Crippen molar-refractivity contribution in [1.82, 2.24) is 0 Å². The highest BCUT2D eigenvalue weighted by Crippen LogP contribution is 2.08. The predicted octanol–water partition coefficient (Wildman–Crippen LogP) is 3.10. The van der Waals surface area contributed by atoms with Crippen LogP contribution in [0.5, 0.6) is 0 Å². The molecule has 0 saturated heterocycles. The van der Waals surface area contributed by atoms with Crippen molar-refractivity contribution in [1.29, 1.82) is 0 Å². The number of aliphatic carboxylic acids is 2. The minimum Gasteiger partial charge on any atom is -0.550 e. The fraction of sp³-hybridized carbons (Fsp3) is 0.706. The summed E-state index contributed by atoms with van der Waals surface area (Å²) in [6, 6.07) is 0. The molecule has 0 spiro atoms. The quantitative estimate of drug-likeness (QED) is 0.0557. The maximum Gasteiger partial charge on any atom is 0.331 e. The van der Waals surface area contributed by atoms with Gasteiger partial charge in [0.25, 0.3) is 0 Å². The fourth-order valence-corrected chi connectivity index (χ4v) is 4.15. The Morgan fingerprint density at radius 3 is 1.45 bits per heavy atom. The molecule has 0 aromatic heterocycles. The first-order valence-electron chi connectivity index (χ1n) is 15.9. The van der Waals surface area contributed by atoms with Crippen molar-refractivity contribution in [2.45, 2.75) is 103 Å². The van der Waals surface area contributed by atoms with Gasteiger partial charge in [-0.05, 0) is 25.7 Å². The molecule has 0 aliphatic rings. The molecule has 2 unspecified atom stereocenters. The van der Waals surface area contributed by atoms with Gasteiger partial charge in [-0.1, -0.05) is 76.7 Å². The van der Waals surface area contributed by atoms with Crippen LogP contribution in [0.15, 0.2) is 36.5 Å². The van der Waals surface area contributed by atoms with Crippen molar-refractivity contribution < 1.29 is 47.8 Å². The molecular formula is C34H60N2O8. The van der Waals surface area contributed by atoms with Gasteiger partial charge in [0.15, 0.2) is 12.2 Å².